The minimum absolute atomic E-state index is 0.110. The molecule has 1 aliphatic heterocycles. The second kappa shape index (κ2) is 7.70. The van der Waals surface area contributed by atoms with Gasteiger partial charge >= 0.3 is 0 Å². The molecule has 0 spiro atoms. The lowest BCUT2D eigenvalue weighted by Crippen LogP contribution is -2.18. The lowest BCUT2D eigenvalue weighted by atomic mass is 10.1. The van der Waals surface area contributed by atoms with Gasteiger partial charge in [-0.3, -0.25) is 9.36 Å². The number of aryl methyl sites for hydroxylation is 1. The van der Waals surface area contributed by atoms with Crippen LogP contribution in [0.15, 0.2) is 28.9 Å². The van der Waals surface area contributed by atoms with Gasteiger partial charge in [-0.1, -0.05) is 6.07 Å². The highest BCUT2D eigenvalue weighted by Crippen LogP contribution is 2.41. The molecule has 1 aliphatic rings. The van der Waals surface area contributed by atoms with Crippen LogP contribution in [0.2, 0.25) is 0 Å². The van der Waals surface area contributed by atoms with Crippen molar-refractivity contribution in [1.29, 1.82) is 0 Å². The molecule has 172 valence electrons. The van der Waals surface area contributed by atoms with Crippen molar-refractivity contribution in [1.82, 2.24) is 14.5 Å². The van der Waals surface area contributed by atoms with Crippen molar-refractivity contribution in [3.8, 4) is 17.3 Å². The molecule has 1 aromatic carbocycles. The van der Waals surface area contributed by atoms with Crippen molar-refractivity contribution in [3.05, 3.63) is 41.2 Å². The quantitative estimate of drug-likeness (QED) is 0.426. The number of nitrogens with two attached hydrogens (primary N) is 2. The Labute approximate surface area is 190 Å². The number of fused-ring (bicyclic) bond motifs is 3. The van der Waals surface area contributed by atoms with Crippen molar-refractivity contribution in [2.24, 2.45) is 11.7 Å². The van der Waals surface area contributed by atoms with Crippen LogP contribution in [0.3, 0.4) is 0 Å². The largest absolute Gasteiger partial charge is 0.508 e. The van der Waals surface area contributed by atoms with Crippen LogP contribution in [0.25, 0.3) is 27.7 Å². The van der Waals surface area contributed by atoms with Crippen LogP contribution in [0.5, 0.6) is 11.6 Å². The van der Waals surface area contributed by atoms with Gasteiger partial charge in [-0.25, -0.2) is 0 Å². The number of anilines is 1. The number of nitrogen functional groups attached to an aromatic ring is 1. The summed E-state index contributed by atoms with van der Waals surface area (Å²) < 4.78 is 13.6. The fourth-order valence-electron chi connectivity index (χ4n) is 4.84. The number of phenols is 1. The summed E-state index contributed by atoms with van der Waals surface area (Å²) in [7, 11) is 2.10. The molecular weight excluding hydrogens is 422 g/mol. The zero-order valence-corrected chi connectivity index (χ0v) is 18.9. The Morgan fingerprint density at radius 3 is 2.82 bits per heavy atom. The van der Waals surface area contributed by atoms with Crippen molar-refractivity contribution in [3.63, 3.8) is 0 Å². The summed E-state index contributed by atoms with van der Waals surface area (Å²) in [6, 6.07) is 5.17. The van der Waals surface area contributed by atoms with Gasteiger partial charge in [0.1, 0.15) is 11.6 Å². The maximum absolute atomic E-state index is 12.5. The minimum Gasteiger partial charge on any atom is -0.508 e. The number of aromatic nitrogens is 2. The molecule has 9 heteroatoms. The van der Waals surface area contributed by atoms with Crippen LogP contribution in [-0.2, 0) is 0 Å². The first kappa shape index (κ1) is 21.1. The minimum atomic E-state index is -0.686. The molecular formula is C24H27N5O4. The molecule has 1 fully saturated rings. The number of furan rings is 1. The predicted molar refractivity (Wildman–Crippen MR) is 126 cm³/mol. The Morgan fingerprint density at radius 1 is 1.33 bits per heavy atom. The van der Waals surface area contributed by atoms with Crippen LogP contribution in [0, 0.1) is 19.8 Å². The standard InChI is InChI=1S/C24H27N5O4/c1-12-4-5-16(30)13(2)19(12)29-21(25)18(22(26)31)17-20-15(7-9-32-20)24(27-23(17)29)33-11-14-6-8-28(3)10-14/h4-5,7,9,14,30H,6,8,10-11,25H2,1-3H3,(H2,26,31)/t14-/m0/s1. The van der Waals surface area contributed by atoms with Gasteiger partial charge in [0.15, 0.2) is 11.2 Å². The topological polar surface area (TPSA) is 133 Å². The monoisotopic (exact) mass is 449 g/mol. The van der Waals surface area contributed by atoms with Gasteiger partial charge < -0.3 is 30.6 Å². The van der Waals surface area contributed by atoms with E-state index in [9.17, 15) is 9.90 Å². The van der Waals surface area contributed by atoms with Crippen LogP contribution >= 0.6 is 0 Å². The van der Waals surface area contributed by atoms with Crippen molar-refractivity contribution >= 4 is 33.7 Å². The summed E-state index contributed by atoms with van der Waals surface area (Å²) in [5.74, 6) is 0.371. The first-order chi connectivity index (χ1) is 15.8. The molecule has 0 bridgehead atoms. The van der Waals surface area contributed by atoms with Crippen molar-refractivity contribution < 1.29 is 19.1 Å². The SMILES string of the molecule is Cc1ccc(O)c(C)c1-n1c(N)c(C(N)=O)c2c3occc3c(OC[C@H]3CCN(C)C3)nc21. The van der Waals surface area contributed by atoms with Crippen LogP contribution in [-0.4, -0.2) is 52.2 Å². The third-order valence-electron chi connectivity index (χ3n) is 6.53. The Kier molecular flexibility index (Phi) is 4.93. The van der Waals surface area contributed by atoms with E-state index in [1.807, 2.05) is 6.92 Å². The maximum atomic E-state index is 12.5. The lowest BCUT2D eigenvalue weighted by Gasteiger charge is -2.16. The highest BCUT2D eigenvalue weighted by atomic mass is 16.5. The average molecular weight is 450 g/mol. The number of benzene rings is 1. The molecule has 1 atom stereocenters. The van der Waals surface area contributed by atoms with Gasteiger partial charge in [-0.2, -0.15) is 4.98 Å². The van der Waals surface area contributed by atoms with Crippen LogP contribution in [0.1, 0.15) is 27.9 Å². The number of phenolic OH excluding ortho intramolecular Hbond substituents is 1. The zero-order valence-electron chi connectivity index (χ0n) is 18.9. The number of amides is 1. The number of carbonyl (C=O) groups excluding carboxylic acids is 1. The second-order valence-electron chi connectivity index (χ2n) is 8.84. The Morgan fingerprint density at radius 2 is 2.12 bits per heavy atom. The maximum Gasteiger partial charge on any atom is 0.253 e. The molecule has 5 rings (SSSR count). The third kappa shape index (κ3) is 3.27. The molecule has 4 heterocycles. The first-order valence-corrected chi connectivity index (χ1v) is 10.9. The number of carbonyl (C=O) groups is 1. The highest BCUT2D eigenvalue weighted by Gasteiger charge is 2.29. The Hall–Kier alpha value is -3.72. The van der Waals surface area contributed by atoms with E-state index in [0.717, 1.165) is 25.1 Å². The molecule has 9 nitrogen and oxygen atoms in total. The van der Waals surface area contributed by atoms with Gasteiger partial charge in [0.2, 0.25) is 5.88 Å². The van der Waals surface area contributed by atoms with Crippen LogP contribution < -0.4 is 16.2 Å². The number of nitrogens with zero attached hydrogens (tertiary/aromatic N) is 3. The molecule has 4 aromatic rings. The van der Waals surface area contributed by atoms with Crippen molar-refractivity contribution in [2.75, 3.05) is 32.5 Å². The van der Waals surface area contributed by atoms with Gasteiger partial charge in [0.25, 0.3) is 5.91 Å². The number of likely N-dealkylation sites (tertiary alicyclic amines) is 1. The second-order valence-corrected chi connectivity index (χ2v) is 8.84. The fourth-order valence-corrected chi connectivity index (χ4v) is 4.84. The van der Waals surface area contributed by atoms with Gasteiger partial charge in [-0.15, -0.1) is 0 Å². The highest BCUT2D eigenvalue weighted by molar-refractivity contribution is 6.19. The number of pyridine rings is 1. The summed E-state index contributed by atoms with van der Waals surface area (Å²) in [5, 5.41) is 11.4. The van der Waals surface area contributed by atoms with E-state index < -0.39 is 5.91 Å². The number of ether oxygens (including phenoxy) is 1. The zero-order chi connectivity index (χ0) is 23.4. The Bertz CT molecular complexity index is 1400. The number of rotatable bonds is 5. The molecule has 0 saturated carbocycles. The summed E-state index contributed by atoms with van der Waals surface area (Å²) in [6.07, 6.45) is 2.59. The predicted octanol–water partition coefficient (Wildman–Crippen LogP) is 3.11. The summed E-state index contributed by atoms with van der Waals surface area (Å²) in [6.45, 7) is 6.21. The summed E-state index contributed by atoms with van der Waals surface area (Å²) >= 11 is 0. The first-order valence-electron chi connectivity index (χ1n) is 10.9. The third-order valence-corrected chi connectivity index (χ3v) is 6.53. The molecule has 0 aliphatic carbocycles. The fraction of sp³-hybridized carbons (Fsp3) is 0.333. The van der Waals surface area contributed by atoms with E-state index in [2.05, 4.69) is 11.9 Å². The summed E-state index contributed by atoms with van der Waals surface area (Å²) in [4.78, 5) is 19.6. The normalized spacial score (nSPS) is 16.8. The molecule has 5 N–H and O–H groups in total. The van der Waals surface area contributed by atoms with E-state index in [4.69, 9.17) is 25.6 Å². The smallest absolute Gasteiger partial charge is 0.253 e. The molecule has 1 saturated heterocycles. The molecule has 0 radical (unpaired) electrons. The molecule has 0 unspecified atom stereocenters. The Balaban J connectivity index is 1.77. The number of hydrogen-bond acceptors (Lipinski definition) is 7. The van der Waals surface area contributed by atoms with Crippen molar-refractivity contribution in [2.45, 2.75) is 20.3 Å². The van der Waals surface area contributed by atoms with E-state index in [0.29, 0.717) is 51.7 Å². The summed E-state index contributed by atoms with van der Waals surface area (Å²) in [5.41, 5.74) is 15.3. The average Bonchev–Trinajstić information content (AvgIpc) is 3.47. The number of primary amides is 1. The van der Waals surface area contributed by atoms with Gasteiger partial charge in [0, 0.05) is 18.0 Å². The number of aromatic hydroxyl groups is 1. The number of hydrogen-bond donors (Lipinski definition) is 3. The van der Waals surface area contributed by atoms with Gasteiger partial charge in [-0.05, 0) is 51.6 Å². The van der Waals surface area contributed by atoms with E-state index in [1.165, 1.54) is 6.26 Å². The molecule has 33 heavy (non-hydrogen) atoms. The molecule has 3 aromatic heterocycles. The van der Waals surface area contributed by atoms with Crippen LogP contribution in [0.4, 0.5) is 5.82 Å². The van der Waals surface area contributed by atoms with Gasteiger partial charge in [0.05, 0.1) is 34.9 Å². The lowest BCUT2D eigenvalue weighted by molar-refractivity contribution is 0.100. The van der Waals surface area contributed by atoms with E-state index in [-0.39, 0.29) is 17.1 Å². The molecule has 1 amide bonds. The van der Waals surface area contributed by atoms with E-state index in [1.54, 1.807) is 29.7 Å². The van der Waals surface area contributed by atoms with E-state index >= 15 is 0 Å².